The first-order valence-electron chi connectivity index (χ1n) is 8.27. The molecular formula is C17H22F2N2O3. The molecule has 5 nitrogen and oxygen atoms in total. The van der Waals surface area contributed by atoms with Crippen molar-refractivity contribution in [3.8, 4) is 5.75 Å². The molecule has 0 aromatic heterocycles. The number of halogens is 2. The molecule has 0 spiro atoms. The van der Waals surface area contributed by atoms with Gasteiger partial charge in [0.2, 0.25) is 5.91 Å². The van der Waals surface area contributed by atoms with E-state index in [1.165, 1.54) is 18.9 Å². The van der Waals surface area contributed by atoms with E-state index >= 15 is 0 Å². The van der Waals surface area contributed by atoms with Crippen LogP contribution in [-0.4, -0.2) is 44.9 Å². The molecule has 2 fully saturated rings. The summed E-state index contributed by atoms with van der Waals surface area (Å²) in [6, 6.07) is 6.71. The van der Waals surface area contributed by atoms with E-state index in [-0.39, 0.29) is 24.3 Å². The third kappa shape index (κ3) is 4.80. The van der Waals surface area contributed by atoms with E-state index in [4.69, 9.17) is 4.74 Å². The highest BCUT2D eigenvalue weighted by molar-refractivity contribution is 5.77. The van der Waals surface area contributed by atoms with Crippen LogP contribution in [0.4, 0.5) is 14.5 Å². The number of rotatable bonds is 8. The molecule has 0 unspecified atom stereocenters. The summed E-state index contributed by atoms with van der Waals surface area (Å²) in [5.41, 5.74) is 0.625. The van der Waals surface area contributed by atoms with Crippen molar-refractivity contribution in [3.63, 3.8) is 0 Å². The van der Waals surface area contributed by atoms with Gasteiger partial charge in [-0.05, 0) is 37.3 Å². The number of hydrogen-bond acceptors (Lipinski definition) is 4. The van der Waals surface area contributed by atoms with Gasteiger partial charge >= 0.3 is 6.61 Å². The highest BCUT2D eigenvalue weighted by Gasteiger charge is 2.27. The number of para-hydroxylation sites is 2. The summed E-state index contributed by atoms with van der Waals surface area (Å²) in [7, 11) is 0. The fraction of sp³-hybridized carbons (Fsp3) is 0.588. The fourth-order valence-electron chi connectivity index (χ4n) is 2.88. The molecule has 0 radical (unpaired) electrons. The van der Waals surface area contributed by atoms with Gasteiger partial charge in [0.1, 0.15) is 12.4 Å². The van der Waals surface area contributed by atoms with Crippen LogP contribution in [0, 0.1) is 5.92 Å². The van der Waals surface area contributed by atoms with Gasteiger partial charge in [0.25, 0.3) is 0 Å². The molecule has 0 bridgehead atoms. The zero-order valence-corrected chi connectivity index (χ0v) is 13.4. The van der Waals surface area contributed by atoms with Crippen LogP contribution in [0.3, 0.4) is 0 Å². The van der Waals surface area contributed by atoms with E-state index in [2.05, 4.69) is 10.1 Å². The molecule has 1 atom stereocenters. The average Bonchev–Trinajstić information content (AvgIpc) is 3.25. The van der Waals surface area contributed by atoms with Gasteiger partial charge in [0.05, 0.1) is 12.3 Å². The monoisotopic (exact) mass is 340 g/mol. The number of anilines is 1. The molecule has 1 N–H and O–H groups in total. The predicted molar refractivity (Wildman–Crippen MR) is 85.4 cm³/mol. The van der Waals surface area contributed by atoms with Crippen molar-refractivity contribution in [1.29, 1.82) is 0 Å². The maximum absolute atomic E-state index is 12.5. The molecular weight excluding hydrogens is 318 g/mol. The molecule has 1 aliphatic carbocycles. The van der Waals surface area contributed by atoms with E-state index in [9.17, 15) is 13.6 Å². The molecule has 3 rings (SSSR count). The van der Waals surface area contributed by atoms with Gasteiger partial charge in [0, 0.05) is 19.1 Å². The predicted octanol–water partition coefficient (Wildman–Crippen LogP) is 2.41. The Hall–Kier alpha value is -1.89. The molecule has 1 heterocycles. The fourth-order valence-corrected chi connectivity index (χ4v) is 2.88. The Morgan fingerprint density at radius 2 is 2.08 bits per heavy atom. The quantitative estimate of drug-likeness (QED) is 0.790. The van der Waals surface area contributed by atoms with Crippen LogP contribution in [0.5, 0.6) is 5.75 Å². The second-order valence-electron chi connectivity index (χ2n) is 6.30. The standard InChI is InChI=1S/C17H22F2N2O3/c18-17(19)24-15-4-2-1-3-14(15)21-8-7-13(9-21)20-16(22)11-23-10-12-5-6-12/h1-4,12-13,17H,5-11H2,(H,20,22)/t13-/m0/s1. The van der Waals surface area contributed by atoms with Gasteiger partial charge in [-0.15, -0.1) is 0 Å². The van der Waals surface area contributed by atoms with E-state index in [0.29, 0.717) is 31.3 Å². The minimum atomic E-state index is -2.85. The SMILES string of the molecule is O=C(COCC1CC1)N[C@H]1CCN(c2ccccc2OC(F)F)C1. The number of alkyl halides is 2. The Bertz CT molecular complexity index is 567. The maximum Gasteiger partial charge on any atom is 0.387 e. The lowest BCUT2D eigenvalue weighted by Crippen LogP contribution is -2.39. The molecule has 132 valence electrons. The molecule has 1 saturated carbocycles. The average molecular weight is 340 g/mol. The van der Waals surface area contributed by atoms with Gasteiger partial charge in [-0.1, -0.05) is 12.1 Å². The lowest BCUT2D eigenvalue weighted by Gasteiger charge is -2.22. The largest absolute Gasteiger partial charge is 0.433 e. The van der Waals surface area contributed by atoms with Gasteiger partial charge in [-0.3, -0.25) is 4.79 Å². The Balaban J connectivity index is 1.48. The van der Waals surface area contributed by atoms with Crippen molar-refractivity contribution in [1.82, 2.24) is 5.32 Å². The number of ether oxygens (including phenoxy) is 2. The Kier molecular flexibility index (Phi) is 5.50. The van der Waals surface area contributed by atoms with Gasteiger partial charge in [-0.2, -0.15) is 8.78 Å². The van der Waals surface area contributed by atoms with Gasteiger partial charge < -0.3 is 19.7 Å². The van der Waals surface area contributed by atoms with Crippen LogP contribution in [0.15, 0.2) is 24.3 Å². The molecule has 1 aromatic rings. The van der Waals surface area contributed by atoms with E-state index < -0.39 is 6.61 Å². The van der Waals surface area contributed by atoms with Crippen molar-refractivity contribution < 1.29 is 23.0 Å². The second-order valence-corrected chi connectivity index (χ2v) is 6.30. The summed E-state index contributed by atoms with van der Waals surface area (Å²) in [5, 5.41) is 2.94. The van der Waals surface area contributed by atoms with Crippen LogP contribution in [-0.2, 0) is 9.53 Å². The summed E-state index contributed by atoms with van der Waals surface area (Å²) >= 11 is 0. The topological polar surface area (TPSA) is 50.8 Å². The minimum absolute atomic E-state index is 0.0124. The van der Waals surface area contributed by atoms with Crippen molar-refractivity contribution in [2.45, 2.75) is 31.9 Å². The van der Waals surface area contributed by atoms with Crippen molar-refractivity contribution in [2.75, 3.05) is 31.2 Å². The van der Waals surface area contributed by atoms with E-state index in [1.807, 2.05) is 4.90 Å². The van der Waals surface area contributed by atoms with Crippen molar-refractivity contribution in [3.05, 3.63) is 24.3 Å². The van der Waals surface area contributed by atoms with Crippen LogP contribution >= 0.6 is 0 Å². The number of nitrogens with zero attached hydrogens (tertiary/aromatic N) is 1. The molecule has 1 aromatic carbocycles. The smallest absolute Gasteiger partial charge is 0.387 e. The number of nitrogens with one attached hydrogen (secondary N) is 1. The summed E-state index contributed by atoms with van der Waals surface area (Å²) in [5.74, 6) is 0.665. The first-order valence-corrected chi connectivity index (χ1v) is 8.27. The molecule has 1 aliphatic heterocycles. The Labute approximate surface area is 139 Å². The number of carbonyl (C=O) groups is 1. The van der Waals surface area contributed by atoms with Crippen LogP contribution in [0.1, 0.15) is 19.3 Å². The Morgan fingerprint density at radius 3 is 2.83 bits per heavy atom. The normalized spacial score (nSPS) is 20.5. The van der Waals surface area contributed by atoms with Crippen LogP contribution in [0.25, 0.3) is 0 Å². The van der Waals surface area contributed by atoms with Gasteiger partial charge in [-0.25, -0.2) is 0 Å². The third-order valence-corrected chi connectivity index (χ3v) is 4.26. The van der Waals surface area contributed by atoms with E-state index in [0.717, 1.165) is 6.42 Å². The molecule has 2 aliphatic rings. The molecule has 1 saturated heterocycles. The highest BCUT2D eigenvalue weighted by Crippen LogP contribution is 2.32. The third-order valence-electron chi connectivity index (χ3n) is 4.26. The zero-order chi connectivity index (χ0) is 16.9. The lowest BCUT2D eigenvalue weighted by molar-refractivity contribution is -0.126. The van der Waals surface area contributed by atoms with Crippen molar-refractivity contribution >= 4 is 11.6 Å². The highest BCUT2D eigenvalue weighted by atomic mass is 19.3. The molecule has 7 heteroatoms. The number of carbonyl (C=O) groups excluding carboxylic acids is 1. The van der Waals surface area contributed by atoms with Crippen LogP contribution < -0.4 is 15.0 Å². The summed E-state index contributed by atoms with van der Waals surface area (Å²) < 4.78 is 35.0. The van der Waals surface area contributed by atoms with Gasteiger partial charge in [0.15, 0.2) is 0 Å². The second kappa shape index (κ2) is 7.79. The zero-order valence-electron chi connectivity index (χ0n) is 13.4. The summed E-state index contributed by atoms with van der Waals surface area (Å²) in [6.45, 7) is -0.872. The molecule has 1 amide bonds. The maximum atomic E-state index is 12.5. The van der Waals surface area contributed by atoms with Crippen LogP contribution in [0.2, 0.25) is 0 Å². The minimum Gasteiger partial charge on any atom is -0.433 e. The lowest BCUT2D eigenvalue weighted by atomic mass is 10.2. The van der Waals surface area contributed by atoms with E-state index in [1.54, 1.807) is 18.2 Å². The number of benzene rings is 1. The summed E-state index contributed by atoms with van der Waals surface area (Å²) in [6.07, 6.45) is 3.15. The van der Waals surface area contributed by atoms with Crippen molar-refractivity contribution in [2.24, 2.45) is 5.92 Å². The number of amides is 1. The first kappa shape index (κ1) is 17.0. The first-order chi connectivity index (χ1) is 11.6. The Morgan fingerprint density at radius 1 is 1.29 bits per heavy atom. The summed E-state index contributed by atoms with van der Waals surface area (Å²) in [4.78, 5) is 13.8. The number of hydrogen-bond donors (Lipinski definition) is 1. The molecule has 24 heavy (non-hydrogen) atoms.